The number of hydrogen-bond donors (Lipinski definition) is 1. The molecule has 0 amide bonds. The summed E-state index contributed by atoms with van der Waals surface area (Å²) in [6.45, 7) is 0. The Balaban J connectivity index is 1.79. The number of rotatable bonds is 3. The molecule has 1 saturated carbocycles. The smallest absolute Gasteiger partial charge is 0.323 e. The lowest BCUT2D eigenvalue weighted by atomic mass is 10.2. The van der Waals surface area contributed by atoms with Gasteiger partial charge in [-0.2, -0.15) is 20.1 Å². The van der Waals surface area contributed by atoms with Gasteiger partial charge < -0.3 is 10.5 Å². The molecule has 0 aromatic carbocycles. The van der Waals surface area contributed by atoms with E-state index in [-0.39, 0.29) is 18.1 Å². The summed E-state index contributed by atoms with van der Waals surface area (Å²) in [6, 6.07) is 2.08. The molecule has 2 N–H and O–H groups in total. The van der Waals surface area contributed by atoms with Crippen molar-refractivity contribution in [2.45, 2.75) is 44.6 Å². The number of nitrogen functional groups attached to an aromatic ring is 1. The lowest BCUT2D eigenvalue weighted by Crippen LogP contribution is -2.18. The van der Waals surface area contributed by atoms with E-state index in [0.717, 1.165) is 12.8 Å². The summed E-state index contributed by atoms with van der Waals surface area (Å²) < 4.78 is 7.41. The highest BCUT2D eigenvalue weighted by atomic mass is 16.5. The van der Waals surface area contributed by atoms with Gasteiger partial charge in [0.05, 0.1) is 0 Å². The first-order valence-corrected chi connectivity index (χ1v) is 6.99. The Morgan fingerprint density at radius 3 is 2.60 bits per heavy atom. The molecule has 7 nitrogen and oxygen atoms in total. The minimum atomic E-state index is 0.147. The van der Waals surface area contributed by atoms with Crippen molar-refractivity contribution in [1.29, 1.82) is 0 Å². The first kappa shape index (κ1) is 12.8. The summed E-state index contributed by atoms with van der Waals surface area (Å²) in [7, 11) is 0. The van der Waals surface area contributed by atoms with E-state index in [1.807, 2.05) is 0 Å². The van der Waals surface area contributed by atoms with Crippen LogP contribution in [0.2, 0.25) is 0 Å². The molecule has 2 aromatic heterocycles. The summed E-state index contributed by atoms with van der Waals surface area (Å²) >= 11 is 0. The van der Waals surface area contributed by atoms with Crippen LogP contribution in [0.25, 0.3) is 5.95 Å². The summed E-state index contributed by atoms with van der Waals surface area (Å²) in [4.78, 5) is 12.4. The molecule has 0 atom stereocenters. The number of nitrogens with zero attached hydrogens (tertiary/aromatic N) is 5. The second kappa shape index (κ2) is 5.85. The first-order valence-electron chi connectivity index (χ1n) is 6.99. The third kappa shape index (κ3) is 3.04. The summed E-state index contributed by atoms with van der Waals surface area (Å²) in [5, 5.41) is 4.08. The maximum atomic E-state index is 5.87. The molecule has 1 fully saturated rings. The van der Waals surface area contributed by atoms with Gasteiger partial charge in [0, 0.05) is 12.4 Å². The van der Waals surface area contributed by atoms with E-state index in [4.69, 9.17) is 10.5 Å². The summed E-state index contributed by atoms with van der Waals surface area (Å²) in [6.07, 6.45) is 10.6. The number of nitrogens with two attached hydrogens (primary N) is 1. The summed E-state index contributed by atoms with van der Waals surface area (Å²) in [5.74, 6) is 0.528. The average Bonchev–Trinajstić information content (AvgIpc) is 2.85. The Kier molecular flexibility index (Phi) is 3.76. The molecule has 7 heteroatoms. The van der Waals surface area contributed by atoms with Crippen molar-refractivity contribution in [1.82, 2.24) is 24.7 Å². The van der Waals surface area contributed by atoms with Gasteiger partial charge in [-0.3, -0.25) is 0 Å². The van der Waals surface area contributed by atoms with Crippen molar-refractivity contribution >= 4 is 5.95 Å². The molecule has 2 aromatic rings. The zero-order valence-electron chi connectivity index (χ0n) is 11.3. The molecule has 0 saturated heterocycles. The van der Waals surface area contributed by atoms with Gasteiger partial charge in [0.1, 0.15) is 6.10 Å². The molecule has 1 aliphatic carbocycles. The molecule has 106 valence electrons. The van der Waals surface area contributed by atoms with Gasteiger partial charge in [0.15, 0.2) is 0 Å². The van der Waals surface area contributed by atoms with Crippen LogP contribution in [0.4, 0.5) is 5.95 Å². The standard InChI is InChI=1S/C13H18N6O/c14-11-16-12(19-9-5-8-15-19)18-13(17-11)20-10-6-3-1-2-4-7-10/h5,8-10H,1-4,6-7H2,(H2,14,16,17,18). The molecular weight excluding hydrogens is 256 g/mol. The van der Waals surface area contributed by atoms with Gasteiger partial charge in [-0.05, 0) is 31.7 Å². The van der Waals surface area contributed by atoms with Gasteiger partial charge in [-0.25, -0.2) is 4.68 Å². The third-order valence-electron chi connectivity index (χ3n) is 3.40. The highest BCUT2D eigenvalue weighted by Crippen LogP contribution is 2.21. The van der Waals surface area contributed by atoms with Crippen molar-refractivity contribution < 1.29 is 4.74 Å². The van der Waals surface area contributed by atoms with Crippen LogP contribution >= 0.6 is 0 Å². The van der Waals surface area contributed by atoms with Crippen LogP contribution < -0.4 is 10.5 Å². The topological polar surface area (TPSA) is 91.7 Å². The van der Waals surface area contributed by atoms with Crippen LogP contribution in [-0.2, 0) is 0 Å². The van der Waals surface area contributed by atoms with Crippen molar-refractivity contribution in [3.8, 4) is 12.0 Å². The van der Waals surface area contributed by atoms with Crippen LogP contribution in [0.1, 0.15) is 38.5 Å². The fourth-order valence-electron chi connectivity index (χ4n) is 2.41. The Labute approximate surface area is 117 Å². The monoisotopic (exact) mass is 274 g/mol. The third-order valence-corrected chi connectivity index (χ3v) is 3.40. The molecule has 0 aliphatic heterocycles. The lowest BCUT2D eigenvalue weighted by molar-refractivity contribution is 0.167. The van der Waals surface area contributed by atoms with E-state index >= 15 is 0 Å². The maximum absolute atomic E-state index is 5.87. The molecular formula is C13H18N6O. The van der Waals surface area contributed by atoms with Crippen molar-refractivity contribution in [2.75, 3.05) is 5.73 Å². The van der Waals surface area contributed by atoms with E-state index in [2.05, 4.69) is 20.1 Å². The van der Waals surface area contributed by atoms with E-state index < -0.39 is 0 Å². The lowest BCUT2D eigenvalue weighted by Gasteiger charge is -2.15. The van der Waals surface area contributed by atoms with Crippen molar-refractivity contribution in [3.05, 3.63) is 18.5 Å². The van der Waals surface area contributed by atoms with Crippen LogP contribution in [0.15, 0.2) is 18.5 Å². The van der Waals surface area contributed by atoms with Gasteiger partial charge >= 0.3 is 6.01 Å². The first-order chi connectivity index (χ1) is 9.81. The largest absolute Gasteiger partial charge is 0.460 e. The Hall–Kier alpha value is -2.18. The van der Waals surface area contributed by atoms with E-state index in [1.54, 1.807) is 18.5 Å². The van der Waals surface area contributed by atoms with Crippen molar-refractivity contribution in [2.24, 2.45) is 0 Å². The fraction of sp³-hybridized carbons (Fsp3) is 0.538. The Morgan fingerprint density at radius 2 is 1.90 bits per heavy atom. The van der Waals surface area contributed by atoms with Gasteiger partial charge in [-0.15, -0.1) is 0 Å². The number of hydrogen-bond acceptors (Lipinski definition) is 6. The molecule has 3 rings (SSSR count). The number of ether oxygens (including phenoxy) is 1. The Morgan fingerprint density at radius 1 is 1.10 bits per heavy atom. The molecule has 0 unspecified atom stereocenters. The number of aromatic nitrogens is 5. The normalized spacial score (nSPS) is 16.8. The second-order valence-electron chi connectivity index (χ2n) is 4.96. The predicted molar refractivity (Wildman–Crippen MR) is 73.5 cm³/mol. The van der Waals surface area contributed by atoms with Gasteiger partial charge in [0.2, 0.25) is 5.95 Å². The maximum Gasteiger partial charge on any atom is 0.323 e. The van der Waals surface area contributed by atoms with E-state index in [0.29, 0.717) is 5.95 Å². The second-order valence-corrected chi connectivity index (χ2v) is 4.96. The number of anilines is 1. The molecule has 20 heavy (non-hydrogen) atoms. The highest BCUT2D eigenvalue weighted by molar-refractivity contribution is 5.24. The fourth-order valence-corrected chi connectivity index (χ4v) is 2.41. The van der Waals surface area contributed by atoms with Crippen LogP contribution in [-0.4, -0.2) is 30.8 Å². The molecule has 0 radical (unpaired) electrons. The molecule has 0 spiro atoms. The minimum absolute atomic E-state index is 0.147. The highest BCUT2D eigenvalue weighted by Gasteiger charge is 2.16. The van der Waals surface area contributed by atoms with Crippen LogP contribution in [0, 0.1) is 0 Å². The SMILES string of the molecule is Nc1nc(OC2CCCCCC2)nc(-n2cccn2)n1. The summed E-state index contributed by atoms with van der Waals surface area (Å²) in [5.41, 5.74) is 5.72. The molecule has 2 heterocycles. The van der Waals surface area contributed by atoms with Crippen LogP contribution in [0.5, 0.6) is 6.01 Å². The van der Waals surface area contributed by atoms with E-state index in [1.165, 1.54) is 30.4 Å². The molecule has 0 bridgehead atoms. The average molecular weight is 274 g/mol. The van der Waals surface area contributed by atoms with Gasteiger partial charge in [-0.1, -0.05) is 12.8 Å². The van der Waals surface area contributed by atoms with Crippen LogP contribution in [0.3, 0.4) is 0 Å². The predicted octanol–water partition coefficient (Wildman–Crippen LogP) is 1.74. The van der Waals surface area contributed by atoms with Crippen molar-refractivity contribution in [3.63, 3.8) is 0 Å². The Bertz CT molecular complexity index is 548. The van der Waals surface area contributed by atoms with Gasteiger partial charge in [0.25, 0.3) is 5.95 Å². The quantitative estimate of drug-likeness (QED) is 0.857. The van der Waals surface area contributed by atoms with E-state index in [9.17, 15) is 0 Å². The molecule has 1 aliphatic rings. The minimum Gasteiger partial charge on any atom is -0.460 e. The zero-order chi connectivity index (χ0) is 13.8. The zero-order valence-corrected chi connectivity index (χ0v) is 11.3.